The molecule has 4 aromatic rings. The molecule has 2 saturated heterocycles. The highest BCUT2D eigenvalue weighted by Gasteiger charge is 2.68. The predicted molar refractivity (Wildman–Crippen MR) is 261 cm³/mol. The zero-order chi connectivity index (χ0) is 48.3. The summed E-state index contributed by atoms with van der Waals surface area (Å²) in [6, 6.07) is 6.57. The van der Waals surface area contributed by atoms with Crippen LogP contribution < -0.4 is 14.4 Å². The Hall–Kier alpha value is -4.62. The Labute approximate surface area is 396 Å². The molecule has 0 spiro atoms. The normalized spacial score (nSPS) is 23.4. The summed E-state index contributed by atoms with van der Waals surface area (Å²) in [5.41, 5.74) is 3.81. The van der Waals surface area contributed by atoms with Crippen LogP contribution in [0.25, 0.3) is 32.9 Å². The summed E-state index contributed by atoms with van der Waals surface area (Å²) in [5.74, 6) is 2.97. The van der Waals surface area contributed by atoms with E-state index in [4.69, 9.17) is 33.9 Å². The SMILES string of the molecule is COCOc1cc(-c2ncc3c(N4CCC[C@@](C)(O)C4)nc(OCC45CC(CN6CCN(C(=O)OC(C)(C)C)CC6)(C4)C5)nc3c2F)c2c(C#C[Si](C(C)C)(C(C)C)C(C)C)c(F)ccc2c1. The van der Waals surface area contributed by atoms with E-state index in [1.54, 1.807) is 36.2 Å². The highest BCUT2D eigenvalue weighted by atomic mass is 28.3. The monoisotopic (exact) mass is 941 g/mol. The average molecular weight is 941 g/mol. The van der Waals surface area contributed by atoms with Crippen molar-refractivity contribution in [2.24, 2.45) is 10.8 Å². The lowest BCUT2D eigenvalue weighted by Crippen LogP contribution is -2.68. The molecule has 5 fully saturated rings. The van der Waals surface area contributed by atoms with E-state index in [0.29, 0.717) is 95.5 Å². The molecule has 2 aromatic heterocycles. The molecule has 1 amide bonds. The molecule has 2 bridgehead atoms. The fourth-order valence-electron chi connectivity index (χ4n) is 12.1. The number of benzene rings is 2. The molecule has 12 nitrogen and oxygen atoms in total. The number of piperazine rings is 1. The van der Waals surface area contributed by atoms with E-state index in [-0.39, 0.29) is 46.5 Å². The molecule has 15 heteroatoms. The van der Waals surface area contributed by atoms with Crippen molar-refractivity contribution in [3.63, 3.8) is 0 Å². The minimum absolute atomic E-state index is 0.0149. The number of aromatic nitrogens is 3. The Balaban J connectivity index is 1.13. The van der Waals surface area contributed by atoms with Crippen LogP contribution in [0.2, 0.25) is 16.6 Å². The number of amides is 1. The maximum absolute atomic E-state index is 17.7. The van der Waals surface area contributed by atoms with Gasteiger partial charge in [-0.3, -0.25) is 9.88 Å². The van der Waals surface area contributed by atoms with Crippen molar-refractivity contribution in [3.8, 4) is 34.5 Å². The number of anilines is 1. The van der Waals surface area contributed by atoms with E-state index in [0.717, 1.165) is 38.9 Å². The number of halogens is 2. The quantitative estimate of drug-likeness (QED) is 0.0783. The van der Waals surface area contributed by atoms with Gasteiger partial charge in [-0.1, -0.05) is 53.5 Å². The summed E-state index contributed by atoms with van der Waals surface area (Å²) in [7, 11) is -0.785. The molecule has 4 heterocycles. The molecule has 0 radical (unpaired) electrons. The Morgan fingerprint density at radius 1 is 0.940 bits per heavy atom. The lowest BCUT2D eigenvalue weighted by atomic mass is 9.35. The lowest BCUT2D eigenvalue weighted by molar-refractivity contribution is -0.228. The van der Waals surface area contributed by atoms with Gasteiger partial charge in [-0.05, 0) is 105 Å². The van der Waals surface area contributed by atoms with Gasteiger partial charge in [0, 0.05) is 75.5 Å². The lowest BCUT2D eigenvalue weighted by Gasteiger charge is -2.71. The van der Waals surface area contributed by atoms with Crippen LogP contribution in [0.3, 0.4) is 0 Å². The number of carbonyl (C=O) groups excluding carboxylic acids is 1. The molecule has 5 aliphatic rings. The number of rotatable bonds is 13. The zero-order valence-electron chi connectivity index (χ0n) is 41.4. The summed E-state index contributed by atoms with van der Waals surface area (Å²) < 4.78 is 57.3. The summed E-state index contributed by atoms with van der Waals surface area (Å²) >= 11 is 0. The van der Waals surface area contributed by atoms with Gasteiger partial charge < -0.3 is 33.9 Å². The summed E-state index contributed by atoms with van der Waals surface area (Å²) in [5, 5.41) is 12.6. The van der Waals surface area contributed by atoms with E-state index in [9.17, 15) is 9.90 Å². The van der Waals surface area contributed by atoms with Gasteiger partial charge in [0.1, 0.15) is 42.3 Å². The largest absolute Gasteiger partial charge is 0.468 e. The molecule has 67 heavy (non-hydrogen) atoms. The minimum atomic E-state index is -2.31. The van der Waals surface area contributed by atoms with Gasteiger partial charge in [-0.2, -0.15) is 9.97 Å². The van der Waals surface area contributed by atoms with Crippen LogP contribution in [0.15, 0.2) is 30.5 Å². The fraction of sp³-hybridized carbons (Fsp3) is 0.615. The summed E-state index contributed by atoms with van der Waals surface area (Å²) in [6.07, 6.45) is 5.69. The van der Waals surface area contributed by atoms with Crippen molar-refractivity contribution in [1.29, 1.82) is 0 Å². The van der Waals surface area contributed by atoms with Gasteiger partial charge in [0.05, 0.1) is 23.2 Å². The third-order valence-electron chi connectivity index (χ3n) is 14.9. The smallest absolute Gasteiger partial charge is 0.410 e. The highest BCUT2D eigenvalue weighted by molar-refractivity contribution is 6.90. The third kappa shape index (κ3) is 9.70. The van der Waals surface area contributed by atoms with Gasteiger partial charge in [-0.25, -0.2) is 13.6 Å². The highest BCUT2D eigenvalue weighted by Crippen LogP contribution is 2.73. The summed E-state index contributed by atoms with van der Waals surface area (Å²) in [6.45, 7) is 25.9. The van der Waals surface area contributed by atoms with E-state index in [1.165, 1.54) is 13.2 Å². The van der Waals surface area contributed by atoms with Crippen molar-refractivity contribution < 1.29 is 37.6 Å². The van der Waals surface area contributed by atoms with Gasteiger partial charge >= 0.3 is 12.1 Å². The Kier molecular flexibility index (Phi) is 13.4. The van der Waals surface area contributed by atoms with Gasteiger partial charge in [0.15, 0.2) is 12.6 Å². The number of hydrogen-bond acceptors (Lipinski definition) is 11. The number of methoxy groups -OCH3 is 1. The van der Waals surface area contributed by atoms with E-state index in [1.807, 2.05) is 25.7 Å². The van der Waals surface area contributed by atoms with Crippen LogP contribution in [0.1, 0.15) is 107 Å². The number of ether oxygens (including phenoxy) is 4. The number of nitrogens with zero attached hydrogens (tertiary/aromatic N) is 6. The maximum Gasteiger partial charge on any atom is 0.410 e. The van der Waals surface area contributed by atoms with E-state index >= 15 is 8.78 Å². The van der Waals surface area contributed by atoms with Crippen molar-refractivity contribution in [2.75, 3.05) is 71.2 Å². The standard InChI is InChI=1S/C52H70F2N6O6Si/c1-33(2)67(34(3)4,35(5)6)22-15-38-41(53)14-13-36-23-37(65-32-63-11)24-39(42(36)38)44-43(54)45-40(25-55-44)46(60-17-12-16-50(10,62)29-60)57-47(56-45)64-31-52-26-51(27-52,28-52)30-58-18-20-59(21-19-58)48(61)66-49(7,8)9/h13-14,23-25,33-35,62H,12,16-21,26-32H2,1-11H3/t50-,51?,52?/m1/s1. The molecule has 2 aromatic carbocycles. The van der Waals surface area contributed by atoms with E-state index in [2.05, 4.69) is 57.9 Å². The van der Waals surface area contributed by atoms with Crippen LogP contribution in [-0.2, 0) is 9.47 Å². The number of carbonyl (C=O) groups is 1. The molecule has 3 saturated carbocycles. The predicted octanol–water partition coefficient (Wildman–Crippen LogP) is 10.1. The first-order valence-electron chi connectivity index (χ1n) is 24.2. The fourth-order valence-corrected chi connectivity index (χ4v) is 17.3. The number of piperidine rings is 1. The Bertz CT molecular complexity index is 2540. The average Bonchev–Trinajstić information content (AvgIpc) is 3.22. The minimum Gasteiger partial charge on any atom is -0.468 e. The van der Waals surface area contributed by atoms with Gasteiger partial charge in [0.2, 0.25) is 0 Å². The first-order chi connectivity index (χ1) is 31.6. The Morgan fingerprint density at radius 3 is 2.25 bits per heavy atom. The van der Waals surface area contributed by atoms with Crippen molar-refractivity contribution >= 4 is 41.7 Å². The first-order valence-corrected chi connectivity index (χ1v) is 26.4. The second kappa shape index (κ2) is 18.4. The van der Waals surface area contributed by atoms with Crippen LogP contribution in [0.4, 0.5) is 19.4 Å². The van der Waals surface area contributed by atoms with E-state index < -0.39 is 30.9 Å². The number of aliphatic hydroxyl groups is 1. The molecule has 0 unspecified atom stereocenters. The molecule has 362 valence electrons. The van der Waals surface area contributed by atoms with Crippen LogP contribution >= 0.6 is 0 Å². The molecule has 1 N–H and O–H groups in total. The Morgan fingerprint density at radius 2 is 1.63 bits per heavy atom. The maximum atomic E-state index is 17.7. The van der Waals surface area contributed by atoms with Gasteiger partial charge in [-0.15, -0.1) is 5.54 Å². The molecular formula is C52H70F2N6O6Si. The molecular weight excluding hydrogens is 871 g/mol. The van der Waals surface area contributed by atoms with Crippen LogP contribution in [-0.4, -0.2) is 122 Å². The van der Waals surface area contributed by atoms with Gasteiger partial charge in [0.25, 0.3) is 0 Å². The first kappa shape index (κ1) is 48.8. The number of pyridine rings is 1. The number of β-amino-alcohol motifs (C(OH)–C–C–N with tert-alkyl or cyclic N) is 1. The van der Waals surface area contributed by atoms with Crippen molar-refractivity contribution in [1.82, 2.24) is 24.8 Å². The van der Waals surface area contributed by atoms with Crippen molar-refractivity contribution in [3.05, 3.63) is 47.7 Å². The molecule has 1 atom stereocenters. The summed E-state index contributed by atoms with van der Waals surface area (Å²) in [4.78, 5) is 33.3. The molecule has 9 rings (SSSR count). The molecule has 3 aliphatic carbocycles. The number of hydrogen-bond donors (Lipinski definition) is 1. The zero-order valence-corrected chi connectivity index (χ0v) is 42.4. The third-order valence-corrected chi connectivity index (χ3v) is 21.2. The van der Waals surface area contributed by atoms with Crippen LogP contribution in [0.5, 0.6) is 11.8 Å². The van der Waals surface area contributed by atoms with Crippen LogP contribution in [0, 0.1) is 33.9 Å². The van der Waals surface area contributed by atoms with Crippen molar-refractivity contribution in [2.45, 2.75) is 129 Å². The topological polar surface area (TPSA) is 123 Å². The second-order valence-electron chi connectivity index (χ2n) is 22.3. The number of fused-ring (bicyclic) bond motifs is 2. The molecule has 2 aliphatic heterocycles. The second-order valence-corrected chi connectivity index (χ2v) is 27.9.